The molecule has 378 valence electrons. The Balaban J connectivity index is 1.80. The van der Waals surface area contributed by atoms with Gasteiger partial charge in [0.1, 0.15) is 0 Å². The van der Waals surface area contributed by atoms with Crippen LogP contribution in [0.4, 0.5) is 0 Å². The summed E-state index contributed by atoms with van der Waals surface area (Å²) in [5.41, 5.74) is -0.587. The fourth-order valence-corrected chi connectivity index (χ4v) is 11.4. The average Bonchev–Trinajstić information content (AvgIpc) is 3.28. The van der Waals surface area contributed by atoms with E-state index < -0.39 is 0 Å². The Morgan fingerprint density at radius 3 is 1.17 bits per heavy atom. The summed E-state index contributed by atoms with van der Waals surface area (Å²) in [7, 11) is 0. The van der Waals surface area contributed by atoms with Gasteiger partial charge in [0, 0.05) is 35.5 Å². The highest BCUT2D eigenvalue weighted by Gasteiger charge is 2.55. The van der Waals surface area contributed by atoms with E-state index in [1.165, 1.54) is 141 Å². The van der Waals surface area contributed by atoms with Crippen molar-refractivity contribution in [3.05, 3.63) is 24.3 Å². The number of nitrogens with zero attached hydrogens (tertiary/aromatic N) is 1. The van der Waals surface area contributed by atoms with Crippen LogP contribution in [0.25, 0.3) is 0 Å². The highest BCUT2D eigenvalue weighted by atomic mass is 16.5. The molecule has 65 heavy (non-hydrogen) atoms. The topological polar surface area (TPSA) is 82.1 Å². The Kier molecular flexibility index (Phi) is 33.4. The lowest BCUT2D eigenvalue weighted by Crippen LogP contribution is -2.52. The largest absolute Gasteiger partial charge is 0.465 e. The first-order valence-electron chi connectivity index (χ1n) is 28.0. The molecule has 0 aromatic heterocycles. The van der Waals surface area contributed by atoms with Crippen LogP contribution in [0.3, 0.4) is 0 Å². The molecule has 0 aliphatic heterocycles. The Morgan fingerprint density at radius 1 is 0.446 bits per heavy atom. The molecular weight excluding hydrogens is 807 g/mol. The van der Waals surface area contributed by atoms with Gasteiger partial charge in [0.2, 0.25) is 0 Å². The molecule has 0 amide bonds. The van der Waals surface area contributed by atoms with Crippen molar-refractivity contribution in [3.8, 4) is 0 Å². The van der Waals surface area contributed by atoms with Gasteiger partial charge in [-0.2, -0.15) is 0 Å². The number of allylic oxidation sites excluding steroid dienone is 4. The fourth-order valence-electron chi connectivity index (χ4n) is 11.4. The number of fused-ring (bicyclic) bond motifs is 2. The molecule has 0 radical (unpaired) electrons. The molecule has 0 N–H and O–H groups in total. The molecule has 4 atom stereocenters. The van der Waals surface area contributed by atoms with Crippen LogP contribution in [0.5, 0.6) is 0 Å². The van der Waals surface area contributed by atoms with Crippen LogP contribution in [0.1, 0.15) is 266 Å². The predicted molar refractivity (Wildman–Crippen MR) is 274 cm³/mol. The van der Waals surface area contributed by atoms with Crippen molar-refractivity contribution >= 4 is 17.9 Å². The highest BCUT2D eigenvalue weighted by Crippen LogP contribution is 2.60. The zero-order valence-electron chi connectivity index (χ0n) is 43.8. The Labute approximate surface area is 402 Å². The minimum atomic E-state index is -0.226. The third kappa shape index (κ3) is 29.4. The van der Waals surface area contributed by atoms with Gasteiger partial charge in [-0.05, 0) is 128 Å². The number of unbranched alkanes of at least 4 members (excludes halogenated alkanes) is 22. The molecule has 7 nitrogen and oxygen atoms in total. The molecule has 2 fully saturated rings. The molecule has 0 heterocycles. The van der Waals surface area contributed by atoms with Crippen LogP contribution in [0, 0.1) is 22.2 Å². The second kappa shape index (κ2) is 36.8. The van der Waals surface area contributed by atoms with Gasteiger partial charge >= 0.3 is 17.9 Å². The van der Waals surface area contributed by atoms with Crippen molar-refractivity contribution in [2.24, 2.45) is 22.2 Å². The molecule has 0 aromatic rings. The van der Waals surface area contributed by atoms with Crippen LogP contribution in [0.2, 0.25) is 0 Å². The quantitative estimate of drug-likeness (QED) is 0.0261. The van der Waals surface area contributed by atoms with Gasteiger partial charge in [0.05, 0.1) is 19.8 Å². The molecule has 0 aromatic carbocycles. The number of rotatable bonds is 42. The van der Waals surface area contributed by atoms with Crippen LogP contribution in [0.15, 0.2) is 24.3 Å². The predicted octanol–water partition coefficient (Wildman–Crippen LogP) is 16.4. The summed E-state index contributed by atoms with van der Waals surface area (Å²) < 4.78 is 18.2. The number of hydrogen-bond acceptors (Lipinski definition) is 7. The summed E-state index contributed by atoms with van der Waals surface area (Å²) in [5, 5.41) is 0. The van der Waals surface area contributed by atoms with E-state index >= 15 is 0 Å². The van der Waals surface area contributed by atoms with E-state index in [1.807, 2.05) is 0 Å². The van der Waals surface area contributed by atoms with Crippen molar-refractivity contribution in [2.45, 2.75) is 266 Å². The molecule has 2 rings (SSSR count). The van der Waals surface area contributed by atoms with E-state index in [-0.39, 0.29) is 34.2 Å². The minimum Gasteiger partial charge on any atom is -0.465 e. The summed E-state index contributed by atoms with van der Waals surface area (Å²) in [6.07, 6.45) is 48.3. The van der Waals surface area contributed by atoms with Crippen LogP contribution >= 0.6 is 0 Å². The van der Waals surface area contributed by atoms with Crippen molar-refractivity contribution in [1.82, 2.24) is 4.90 Å². The molecule has 0 spiro atoms. The summed E-state index contributed by atoms with van der Waals surface area (Å²) >= 11 is 0. The first-order valence-corrected chi connectivity index (χ1v) is 28.0. The summed E-state index contributed by atoms with van der Waals surface area (Å²) in [5.74, 6) is 0.106. The third-order valence-electron chi connectivity index (χ3n) is 14.6. The van der Waals surface area contributed by atoms with Crippen molar-refractivity contribution in [1.29, 1.82) is 0 Å². The SMILES string of the molecule is CCCCCC/C=C\CCCCCCCCCC(=O)OCC1(C)CC2CC(C)(COC(=O)CCCN(CC)CC)CC(COC(=O)CCCCCCCCC/C=C\CCCCCC)(C2)C1. The molecule has 7 heteroatoms. The maximum atomic E-state index is 13.2. The van der Waals surface area contributed by atoms with Crippen LogP contribution < -0.4 is 0 Å². The van der Waals surface area contributed by atoms with E-state index in [9.17, 15) is 14.4 Å². The van der Waals surface area contributed by atoms with Gasteiger partial charge in [0.25, 0.3) is 0 Å². The Hall–Kier alpha value is -2.15. The minimum absolute atomic E-state index is 0.0812. The Morgan fingerprint density at radius 2 is 0.785 bits per heavy atom. The molecule has 2 aliphatic carbocycles. The standard InChI is InChI=1S/C58H105NO6/c1-7-11-13-15-17-19-21-23-25-27-29-31-33-35-37-40-53(60)63-49-56(5)44-52-45-57(6,50-64-55(62)42-39-43-59(9-3)10-4)48-58(46-52,47-56)51-65-54(61)41-38-36-34-32-30-28-26-24-22-20-18-16-14-12-8-2/h19-22,52H,7-18,23-51H2,1-6H3/b21-19-,22-20-. The highest BCUT2D eigenvalue weighted by molar-refractivity contribution is 5.70. The van der Waals surface area contributed by atoms with E-state index in [1.54, 1.807) is 0 Å². The van der Waals surface area contributed by atoms with Gasteiger partial charge < -0.3 is 19.1 Å². The monoisotopic (exact) mass is 912 g/mol. The number of ether oxygens (including phenoxy) is 3. The normalized spacial score (nSPS) is 22.0. The second-order valence-corrected chi connectivity index (χ2v) is 21.7. The van der Waals surface area contributed by atoms with Crippen molar-refractivity contribution in [3.63, 3.8) is 0 Å². The molecule has 2 saturated carbocycles. The van der Waals surface area contributed by atoms with E-state index in [4.69, 9.17) is 14.2 Å². The van der Waals surface area contributed by atoms with Gasteiger partial charge in [-0.15, -0.1) is 0 Å². The van der Waals surface area contributed by atoms with Crippen molar-refractivity contribution in [2.75, 3.05) is 39.5 Å². The van der Waals surface area contributed by atoms with E-state index in [2.05, 4.69) is 70.7 Å². The molecule has 4 unspecified atom stereocenters. The van der Waals surface area contributed by atoms with Gasteiger partial charge in [-0.1, -0.05) is 169 Å². The number of carbonyl (C=O) groups is 3. The first kappa shape index (κ1) is 59.0. The third-order valence-corrected chi connectivity index (χ3v) is 14.6. The summed E-state index contributed by atoms with van der Waals surface area (Å²) in [6.45, 7) is 17.5. The second-order valence-electron chi connectivity index (χ2n) is 21.7. The number of esters is 3. The number of hydrogen-bond donors (Lipinski definition) is 0. The zero-order chi connectivity index (χ0) is 47.3. The lowest BCUT2D eigenvalue weighted by molar-refractivity contribution is -0.168. The Bertz CT molecular complexity index is 1270. The lowest BCUT2D eigenvalue weighted by atomic mass is 9.49. The zero-order valence-corrected chi connectivity index (χ0v) is 43.8. The van der Waals surface area contributed by atoms with Crippen LogP contribution in [-0.4, -0.2) is 62.3 Å². The smallest absolute Gasteiger partial charge is 0.305 e. The molecule has 0 saturated heterocycles. The summed E-state index contributed by atoms with van der Waals surface area (Å²) in [6, 6.07) is 0. The molecule has 2 aliphatic rings. The lowest BCUT2D eigenvalue weighted by Gasteiger charge is -2.57. The van der Waals surface area contributed by atoms with Gasteiger partial charge in [-0.3, -0.25) is 14.4 Å². The first-order chi connectivity index (χ1) is 31.5. The van der Waals surface area contributed by atoms with E-state index in [0.29, 0.717) is 45.0 Å². The van der Waals surface area contributed by atoms with Gasteiger partial charge in [-0.25, -0.2) is 0 Å². The maximum absolute atomic E-state index is 13.2. The maximum Gasteiger partial charge on any atom is 0.305 e. The fraction of sp³-hybridized carbons (Fsp3) is 0.879. The number of carbonyl (C=O) groups excluding carboxylic acids is 3. The summed E-state index contributed by atoms with van der Waals surface area (Å²) in [4.78, 5) is 41.5. The van der Waals surface area contributed by atoms with Crippen LogP contribution in [-0.2, 0) is 28.6 Å². The molecular formula is C58H105NO6. The van der Waals surface area contributed by atoms with E-state index in [0.717, 1.165) is 83.8 Å². The van der Waals surface area contributed by atoms with Crippen molar-refractivity contribution < 1.29 is 28.6 Å². The average molecular weight is 912 g/mol. The van der Waals surface area contributed by atoms with Gasteiger partial charge in [0.15, 0.2) is 0 Å². The molecule has 2 bridgehead atoms.